The summed E-state index contributed by atoms with van der Waals surface area (Å²) in [6.07, 6.45) is -9.98. The van der Waals surface area contributed by atoms with E-state index in [9.17, 15) is 40.3 Å². The largest absolute Gasteiger partial charge is 0.419 e. The van der Waals surface area contributed by atoms with Crippen LogP contribution < -0.4 is 5.32 Å². The molecule has 2 aromatic rings. The third kappa shape index (κ3) is 3.86. The Hall–Kier alpha value is -3.25. The van der Waals surface area contributed by atoms with Gasteiger partial charge in [-0.05, 0) is 30.2 Å². The monoisotopic (exact) mass is 462 g/mol. The van der Waals surface area contributed by atoms with E-state index in [2.05, 4.69) is 15.3 Å². The number of rotatable bonds is 3. The van der Waals surface area contributed by atoms with Crippen molar-refractivity contribution in [2.24, 2.45) is 0 Å². The van der Waals surface area contributed by atoms with E-state index in [1.165, 1.54) is 0 Å². The highest BCUT2D eigenvalue weighted by Gasteiger charge is 2.61. The van der Waals surface area contributed by atoms with Gasteiger partial charge < -0.3 is 4.90 Å². The molecule has 2 amide bonds. The number of carbonyl (C=O) groups is 2. The predicted octanol–water partition coefficient (Wildman–Crippen LogP) is 3.59. The summed E-state index contributed by atoms with van der Waals surface area (Å²) in [4.78, 5) is 32.8. The second-order valence-electron chi connectivity index (χ2n) is 7.59. The molecule has 170 valence electrons. The summed E-state index contributed by atoms with van der Waals surface area (Å²) in [5.74, 6) is -2.06. The first-order chi connectivity index (χ1) is 14.8. The van der Waals surface area contributed by atoms with Crippen LogP contribution in [0.3, 0.4) is 0 Å². The molecule has 0 bridgehead atoms. The molecule has 13 heteroatoms. The van der Waals surface area contributed by atoms with Crippen molar-refractivity contribution in [3.63, 3.8) is 0 Å². The van der Waals surface area contributed by atoms with Crippen molar-refractivity contribution in [3.8, 4) is 0 Å². The molecule has 32 heavy (non-hydrogen) atoms. The molecule has 1 spiro atoms. The first-order valence-corrected chi connectivity index (χ1v) is 9.15. The molecule has 1 N–H and O–H groups in total. The summed E-state index contributed by atoms with van der Waals surface area (Å²) in [6, 6.07) is 2.43. The zero-order valence-electron chi connectivity index (χ0n) is 15.9. The Morgan fingerprint density at radius 2 is 1.69 bits per heavy atom. The zero-order valence-corrected chi connectivity index (χ0v) is 15.9. The van der Waals surface area contributed by atoms with Crippen molar-refractivity contribution in [1.29, 1.82) is 0 Å². The molecular weight excluding hydrogens is 449 g/mol. The van der Waals surface area contributed by atoms with Crippen molar-refractivity contribution >= 4 is 17.8 Å². The van der Waals surface area contributed by atoms with E-state index in [4.69, 9.17) is 0 Å². The van der Waals surface area contributed by atoms with Gasteiger partial charge in [0.25, 0.3) is 5.91 Å². The van der Waals surface area contributed by atoms with Gasteiger partial charge >= 0.3 is 12.4 Å². The van der Waals surface area contributed by atoms with Gasteiger partial charge in [0.2, 0.25) is 11.9 Å². The van der Waals surface area contributed by atoms with Crippen molar-refractivity contribution in [2.75, 3.05) is 18.4 Å². The average Bonchev–Trinajstić information content (AvgIpc) is 3.34. The maximum absolute atomic E-state index is 14.2. The lowest BCUT2D eigenvalue weighted by Gasteiger charge is -2.34. The molecule has 0 unspecified atom stereocenters. The van der Waals surface area contributed by atoms with Crippen LogP contribution in [0.5, 0.6) is 0 Å². The van der Waals surface area contributed by atoms with Crippen LogP contribution in [-0.4, -0.2) is 45.9 Å². The smallest absolute Gasteiger partial charge is 0.328 e. The van der Waals surface area contributed by atoms with E-state index in [1.54, 1.807) is 0 Å². The molecular formula is C19H13F7N4O2. The lowest BCUT2D eigenvalue weighted by atomic mass is 9.85. The number of fused-ring (bicyclic) bond motifs is 2. The number of nitrogens with zero attached hydrogens (tertiary/aromatic N) is 3. The standard InChI is InChI=1S/C19H13F7N4O2/c20-13-4-17(13)8-30(15(32)11-2-1-9(3-12(11)17)18(21,22)23)7-14(31)29-16-27-5-10(6-28-16)19(24,25)26/h1-3,5-6,13H,4,7-8H2,(H,27,28,29,31)/t13-,17-/m0/s1. The maximum Gasteiger partial charge on any atom is 0.419 e. The van der Waals surface area contributed by atoms with E-state index in [1.807, 2.05) is 0 Å². The fraction of sp³-hybridized carbons (Fsp3) is 0.368. The van der Waals surface area contributed by atoms with Gasteiger partial charge in [0, 0.05) is 29.9 Å². The molecule has 4 rings (SSSR count). The molecule has 1 aromatic heterocycles. The van der Waals surface area contributed by atoms with Crippen LogP contribution in [0.15, 0.2) is 30.6 Å². The number of alkyl halides is 7. The van der Waals surface area contributed by atoms with E-state index in [0.29, 0.717) is 18.5 Å². The Bertz CT molecular complexity index is 1080. The highest BCUT2D eigenvalue weighted by atomic mass is 19.4. The lowest BCUT2D eigenvalue weighted by molar-refractivity contribution is -0.138. The second-order valence-corrected chi connectivity index (χ2v) is 7.59. The topological polar surface area (TPSA) is 75.2 Å². The van der Waals surface area contributed by atoms with Crippen LogP contribution in [0.4, 0.5) is 36.7 Å². The Kier molecular flexibility index (Phi) is 4.90. The van der Waals surface area contributed by atoms with Crippen LogP contribution >= 0.6 is 0 Å². The third-order valence-corrected chi connectivity index (χ3v) is 5.42. The van der Waals surface area contributed by atoms with Crippen LogP contribution in [0.25, 0.3) is 0 Å². The summed E-state index contributed by atoms with van der Waals surface area (Å²) in [5.41, 5.74) is -3.65. The highest BCUT2D eigenvalue weighted by molar-refractivity contribution is 6.01. The first-order valence-electron chi connectivity index (χ1n) is 9.15. The minimum Gasteiger partial charge on any atom is -0.328 e. The third-order valence-electron chi connectivity index (χ3n) is 5.42. The molecule has 1 aromatic carbocycles. The van der Waals surface area contributed by atoms with Gasteiger partial charge in [-0.15, -0.1) is 0 Å². The quantitative estimate of drug-likeness (QED) is 0.708. The molecule has 1 aliphatic heterocycles. The Morgan fingerprint density at radius 3 is 2.22 bits per heavy atom. The van der Waals surface area contributed by atoms with Crippen LogP contribution in [-0.2, 0) is 22.6 Å². The number of carbonyl (C=O) groups excluding carboxylic acids is 2. The van der Waals surface area contributed by atoms with Gasteiger partial charge in [0.05, 0.1) is 11.1 Å². The van der Waals surface area contributed by atoms with Crippen LogP contribution in [0, 0.1) is 0 Å². The van der Waals surface area contributed by atoms with Gasteiger partial charge in [-0.3, -0.25) is 14.9 Å². The van der Waals surface area contributed by atoms with Crippen molar-refractivity contribution in [3.05, 3.63) is 52.8 Å². The molecule has 2 aliphatic rings. The van der Waals surface area contributed by atoms with Crippen LogP contribution in [0.1, 0.15) is 33.5 Å². The van der Waals surface area contributed by atoms with E-state index >= 15 is 0 Å². The van der Waals surface area contributed by atoms with Gasteiger partial charge in [-0.1, -0.05) is 0 Å². The molecule has 2 atom stereocenters. The fourth-order valence-corrected chi connectivity index (χ4v) is 3.69. The van der Waals surface area contributed by atoms with Crippen molar-refractivity contribution in [1.82, 2.24) is 14.9 Å². The number of hydrogen-bond donors (Lipinski definition) is 1. The second kappa shape index (κ2) is 7.14. The Morgan fingerprint density at radius 1 is 1.09 bits per heavy atom. The van der Waals surface area contributed by atoms with Gasteiger partial charge in [-0.25, -0.2) is 14.4 Å². The molecule has 1 saturated carbocycles. The normalized spacial score (nSPS) is 22.7. The Labute approximate surface area is 175 Å². The van der Waals surface area contributed by atoms with Gasteiger partial charge in [0.1, 0.15) is 12.7 Å². The number of anilines is 1. The highest BCUT2D eigenvalue weighted by Crippen LogP contribution is 2.55. The van der Waals surface area contributed by atoms with Crippen LogP contribution in [0.2, 0.25) is 0 Å². The van der Waals surface area contributed by atoms with Crippen molar-refractivity contribution in [2.45, 2.75) is 30.4 Å². The zero-order chi connectivity index (χ0) is 23.5. The summed E-state index contributed by atoms with van der Waals surface area (Å²) in [7, 11) is 0. The summed E-state index contributed by atoms with van der Waals surface area (Å²) in [6.45, 7) is -0.930. The van der Waals surface area contributed by atoms with E-state index < -0.39 is 59.4 Å². The number of amides is 2. The number of hydrogen-bond acceptors (Lipinski definition) is 4. The van der Waals surface area contributed by atoms with E-state index in [0.717, 1.165) is 17.0 Å². The minimum absolute atomic E-state index is 0.0486. The predicted molar refractivity (Wildman–Crippen MR) is 94.2 cm³/mol. The number of aromatic nitrogens is 2. The number of nitrogens with one attached hydrogen (secondary N) is 1. The fourth-order valence-electron chi connectivity index (χ4n) is 3.69. The molecule has 0 radical (unpaired) electrons. The molecule has 6 nitrogen and oxygen atoms in total. The number of halogens is 7. The van der Waals surface area contributed by atoms with Gasteiger partial charge in [0.15, 0.2) is 0 Å². The Balaban J connectivity index is 1.52. The lowest BCUT2D eigenvalue weighted by Crippen LogP contribution is -2.47. The maximum atomic E-state index is 14.2. The SMILES string of the molecule is O=C(CN1C[C@@]2(C[C@@H]2F)c2cc(C(F)(F)F)ccc2C1=O)Nc1ncc(C(F)(F)F)cn1. The summed E-state index contributed by atoms with van der Waals surface area (Å²) >= 11 is 0. The molecule has 2 heterocycles. The number of benzene rings is 1. The molecule has 1 fully saturated rings. The summed E-state index contributed by atoms with van der Waals surface area (Å²) < 4.78 is 91.1. The van der Waals surface area contributed by atoms with Crippen molar-refractivity contribution < 1.29 is 40.3 Å². The minimum atomic E-state index is -4.67. The molecule has 0 saturated heterocycles. The van der Waals surface area contributed by atoms with Gasteiger partial charge in [-0.2, -0.15) is 26.3 Å². The van der Waals surface area contributed by atoms with E-state index in [-0.39, 0.29) is 24.1 Å². The average molecular weight is 462 g/mol. The molecule has 1 aliphatic carbocycles. The first kappa shape index (κ1) is 22.0. The summed E-state index contributed by atoms with van der Waals surface area (Å²) in [5, 5.41) is 2.14.